The molecule has 3 atom stereocenters. The Morgan fingerprint density at radius 3 is 2.40 bits per heavy atom. The second kappa shape index (κ2) is 2.74. The lowest BCUT2D eigenvalue weighted by Crippen LogP contribution is -2.63. The average Bonchev–Trinajstić information content (AvgIpc) is 2.68. The molecule has 0 aromatic rings. The van der Waals surface area contributed by atoms with Crippen LogP contribution in [-0.2, 0) is 14.3 Å². The van der Waals surface area contributed by atoms with Crippen LogP contribution in [0, 0.1) is 22.7 Å². The van der Waals surface area contributed by atoms with Crippen molar-refractivity contribution in [3.8, 4) is 0 Å². The topological polar surface area (TPSA) is 63.6 Å². The van der Waals surface area contributed by atoms with E-state index in [1.807, 2.05) is 13.8 Å². The van der Waals surface area contributed by atoms with Crippen LogP contribution in [0.3, 0.4) is 0 Å². The Morgan fingerprint density at radius 1 is 1.40 bits per heavy atom. The Hall–Kier alpha value is -1.06. The van der Waals surface area contributed by atoms with Crippen molar-refractivity contribution in [3.05, 3.63) is 0 Å². The number of methoxy groups -OCH3 is 1. The Morgan fingerprint density at radius 2 is 2.00 bits per heavy atom. The van der Waals surface area contributed by atoms with Crippen molar-refractivity contribution < 1.29 is 19.4 Å². The minimum absolute atomic E-state index is 0.120. The van der Waals surface area contributed by atoms with Gasteiger partial charge in [-0.1, -0.05) is 13.8 Å². The maximum absolute atomic E-state index is 11.8. The lowest BCUT2D eigenvalue weighted by atomic mass is 9.44. The Kier molecular flexibility index (Phi) is 1.91. The molecule has 0 aromatic heterocycles. The molecule has 4 heteroatoms. The molecule has 0 aliphatic heterocycles. The zero-order valence-corrected chi connectivity index (χ0v) is 9.24. The Bertz CT molecular complexity index is 333. The molecule has 3 rings (SSSR count). The van der Waals surface area contributed by atoms with Crippen LogP contribution in [0.15, 0.2) is 0 Å². The minimum atomic E-state index is -0.859. The van der Waals surface area contributed by atoms with Gasteiger partial charge in [0.05, 0.1) is 18.4 Å². The third kappa shape index (κ3) is 0.880. The van der Waals surface area contributed by atoms with E-state index in [1.165, 1.54) is 7.11 Å². The van der Waals surface area contributed by atoms with Crippen LogP contribution < -0.4 is 0 Å². The first-order valence-corrected chi connectivity index (χ1v) is 5.21. The normalized spacial score (nSPS) is 40.7. The van der Waals surface area contributed by atoms with Gasteiger partial charge in [0.25, 0.3) is 0 Å². The number of rotatable bonds is 2. The van der Waals surface area contributed by atoms with Crippen LogP contribution >= 0.6 is 0 Å². The first kappa shape index (κ1) is 10.5. The molecule has 0 amide bonds. The summed E-state index contributed by atoms with van der Waals surface area (Å²) in [5, 5.41) is 9.15. The molecule has 0 spiro atoms. The third-order valence-corrected chi connectivity index (χ3v) is 4.68. The van der Waals surface area contributed by atoms with Crippen LogP contribution in [0.4, 0.5) is 0 Å². The van der Waals surface area contributed by atoms with E-state index in [1.54, 1.807) is 0 Å². The summed E-state index contributed by atoms with van der Waals surface area (Å²) in [6.07, 6.45) is 1.47. The van der Waals surface area contributed by atoms with Gasteiger partial charge in [-0.05, 0) is 24.2 Å². The molecule has 0 saturated heterocycles. The van der Waals surface area contributed by atoms with Crippen LogP contribution in [0.5, 0.6) is 0 Å². The van der Waals surface area contributed by atoms with Crippen molar-refractivity contribution in [2.24, 2.45) is 22.7 Å². The fourth-order valence-electron chi connectivity index (χ4n) is 3.84. The highest BCUT2D eigenvalue weighted by molar-refractivity contribution is 5.89. The van der Waals surface area contributed by atoms with E-state index in [4.69, 9.17) is 9.84 Å². The van der Waals surface area contributed by atoms with Crippen molar-refractivity contribution >= 4 is 11.9 Å². The molecule has 3 saturated carbocycles. The summed E-state index contributed by atoms with van der Waals surface area (Å²) in [5.74, 6) is -1.63. The van der Waals surface area contributed by atoms with Gasteiger partial charge in [-0.3, -0.25) is 9.59 Å². The van der Waals surface area contributed by atoms with Crippen molar-refractivity contribution in [3.63, 3.8) is 0 Å². The van der Waals surface area contributed by atoms with Gasteiger partial charge >= 0.3 is 11.9 Å². The quantitative estimate of drug-likeness (QED) is 0.701. The third-order valence-electron chi connectivity index (χ3n) is 4.68. The maximum atomic E-state index is 11.8. The molecule has 3 aliphatic carbocycles. The molecule has 1 N–H and O–H groups in total. The van der Waals surface area contributed by atoms with E-state index < -0.39 is 17.3 Å². The van der Waals surface area contributed by atoms with Crippen molar-refractivity contribution in [2.75, 3.05) is 7.11 Å². The Labute approximate surface area is 88.6 Å². The fourth-order valence-corrected chi connectivity index (χ4v) is 3.84. The van der Waals surface area contributed by atoms with Gasteiger partial charge in [0.1, 0.15) is 0 Å². The lowest BCUT2D eigenvalue weighted by Gasteiger charge is -2.56. The Balaban J connectivity index is 2.42. The number of carbonyl (C=O) groups excluding carboxylic acids is 1. The molecule has 3 aliphatic rings. The number of carboxylic acid groups (broad SMARTS) is 1. The summed E-state index contributed by atoms with van der Waals surface area (Å²) in [6.45, 7) is 3.95. The molecule has 3 fully saturated rings. The molecular formula is C11H16O4. The first-order chi connectivity index (χ1) is 6.89. The van der Waals surface area contributed by atoms with E-state index in [0.717, 1.165) is 6.42 Å². The van der Waals surface area contributed by atoms with Crippen LogP contribution in [0.2, 0.25) is 0 Å². The van der Waals surface area contributed by atoms with Crippen LogP contribution in [-0.4, -0.2) is 24.2 Å². The van der Waals surface area contributed by atoms with Gasteiger partial charge in [0.15, 0.2) is 0 Å². The number of carbonyl (C=O) groups is 2. The predicted molar refractivity (Wildman–Crippen MR) is 52.1 cm³/mol. The molecule has 0 unspecified atom stereocenters. The maximum Gasteiger partial charge on any atom is 0.313 e. The van der Waals surface area contributed by atoms with E-state index in [-0.39, 0.29) is 17.3 Å². The highest BCUT2D eigenvalue weighted by atomic mass is 16.5. The van der Waals surface area contributed by atoms with E-state index in [9.17, 15) is 9.59 Å². The van der Waals surface area contributed by atoms with Crippen molar-refractivity contribution in [1.82, 2.24) is 0 Å². The minimum Gasteiger partial charge on any atom is -0.481 e. The monoisotopic (exact) mass is 212 g/mol. The largest absolute Gasteiger partial charge is 0.481 e. The molecule has 0 heterocycles. The second-order valence-electron chi connectivity index (χ2n) is 5.15. The van der Waals surface area contributed by atoms with Crippen molar-refractivity contribution in [1.29, 1.82) is 0 Å². The molecule has 0 aromatic carbocycles. The number of hydrogen-bond acceptors (Lipinski definition) is 3. The zero-order chi connectivity index (χ0) is 11.4. The van der Waals surface area contributed by atoms with Gasteiger partial charge in [-0.2, -0.15) is 0 Å². The van der Waals surface area contributed by atoms with Gasteiger partial charge in [-0.15, -0.1) is 0 Å². The van der Waals surface area contributed by atoms with Crippen LogP contribution in [0.1, 0.15) is 26.7 Å². The van der Waals surface area contributed by atoms with Crippen LogP contribution in [0.25, 0.3) is 0 Å². The highest BCUT2D eigenvalue weighted by Gasteiger charge is 2.77. The molecule has 15 heavy (non-hydrogen) atoms. The molecule has 0 radical (unpaired) electrons. The summed E-state index contributed by atoms with van der Waals surface area (Å²) in [5.41, 5.74) is -1.01. The summed E-state index contributed by atoms with van der Waals surface area (Å²) < 4.78 is 4.79. The molecule has 84 valence electrons. The standard InChI is InChI=1S/C11H16O4/c1-10(2)6-4-5-11(10,9(14)15-3)7(6)8(12)13/h6-7H,4-5H2,1-3H3,(H,12,13)/t6-,7+,11+/m0/s1. The number of hydrogen-bond donors (Lipinski definition) is 1. The van der Waals surface area contributed by atoms with E-state index in [2.05, 4.69) is 0 Å². The summed E-state index contributed by atoms with van der Waals surface area (Å²) >= 11 is 0. The van der Waals surface area contributed by atoms with Gasteiger partial charge in [0, 0.05) is 0 Å². The predicted octanol–water partition coefficient (Wildman–Crippen LogP) is 1.30. The van der Waals surface area contributed by atoms with E-state index in [0.29, 0.717) is 6.42 Å². The highest BCUT2D eigenvalue weighted by Crippen LogP contribution is 2.74. The van der Waals surface area contributed by atoms with Gasteiger partial charge in [0.2, 0.25) is 0 Å². The summed E-state index contributed by atoms with van der Waals surface area (Å²) in [7, 11) is 1.33. The number of carboxylic acids is 1. The lowest BCUT2D eigenvalue weighted by molar-refractivity contribution is -0.202. The number of aliphatic carboxylic acids is 1. The van der Waals surface area contributed by atoms with Gasteiger partial charge in [-0.25, -0.2) is 0 Å². The fraction of sp³-hybridized carbons (Fsp3) is 0.818. The van der Waals surface area contributed by atoms with Gasteiger partial charge < -0.3 is 9.84 Å². The molecule has 2 bridgehead atoms. The second-order valence-corrected chi connectivity index (χ2v) is 5.15. The summed E-state index contributed by atoms with van der Waals surface area (Å²) in [6, 6.07) is 0. The molecule has 4 nitrogen and oxygen atoms in total. The van der Waals surface area contributed by atoms with E-state index >= 15 is 0 Å². The smallest absolute Gasteiger partial charge is 0.313 e. The SMILES string of the molecule is COC(=O)[C@@]12CC[C@@H]([C@@H]1C(=O)O)C2(C)C. The molecular weight excluding hydrogens is 196 g/mol. The first-order valence-electron chi connectivity index (χ1n) is 5.21. The average molecular weight is 212 g/mol. The number of esters is 1. The number of fused-ring (bicyclic) bond motifs is 1. The zero-order valence-electron chi connectivity index (χ0n) is 9.24. The summed E-state index contributed by atoms with van der Waals surface area (Å²) in [4.78, 5) is 23.0. The van der Waals surface area contributed by atoms with Crippen molar-refractivity contribution in [2.45, 2.75) is 26.7 Å². The number of ether oxygens (including phenoxy) is 1.